The number of hydrogen-bond donors (Lipinski definition) is 1. The summed E-state index contributed by atoms with van der Waals surface area (Å²) >= 11 is 11.7. The van der Waals surface area contributed by atoms with Gasteiger partial charge in [0.15, 0.2) is 6.61 Å². The summed E-state index contributed by atoms with van der Waals surface area (Å²) in [5.41, 5.74) is 0.581. The summed E-state index contributed by atoms with van der Waals surface area (Å²) in [5.74, 6) is 0.704. The Hall–Kier alpha value is -1.91. The van der Waals surface area contributed by atoms with Crippen LogP contribution >= 0.6 is 23.2 Å². The molecular formula is C15H13Cl2NO3. The Kier molecular flexibility index (Phi) is 5.31. The van der Waals surface area contributed by atoms with Gasteiger partial charge in [0.1, 0.15) is 11.5 Å². The van der Waals surface area contributed by atoms with Gasteiger partial charge in [-0.2, -0.15) is 0 Å². The molecule has 2 rings (SSSR count). The van der Waals surface area contributed by atoms with Crippen molar-refractivity contribution in [2.24, 2.45) is 0 Å². The lowest BCUT2D eigenvalue weighted by atomic mass is 10.3. The Balaban J connectivity index is 1.96. The van der Waals surface area contributed by atoms with Crippen LogP contribution in [0.5, 0.6) is 11.5 Å². The first-order valence-electron chi connectivity index (χ1n) is 6.10. The van der Waals surface area contributed by atoms with Gasteiger partial charge in [0.05, 0.1) is 12.8 Å². The summed E-state index contributed by atoms with van der Waals surface area (Å²) in [6.45, 7) is -0.158. The summed E-state index contributed by atoms with van der Waals surface area (Å²) in [6.07, 6.45) is 0. The van der Waals surface area contributed by atoms with Crippen LogP contribution in [0.15, 0.2) is 42.5 Å². The first-order valence-corrected chi connectivity index (χ1v) is 6.86. The lowest BCUT2D eigenvalue weighted by molar-refractivity contribution is -0.118. The zero-order valence-corrected chi connectivity index (χ0v) is 12.7. The van der Waals surface area contributed by atoms with Crippen LogP contribution in [0.1, 0.15) is 0 Å². The number of halogens is 2. The van der Waals surface area contributed by atoms with Gasteiger partial charge in [-0.25, -0.2) is 0 Å². The third kappa shape index (κ3) is 4.55. The van der Waals surface area contributed by atoms with Gasteiger partial charge in [0.2, 0.25) is 0 Å². The van der Waals surface area contributed by atoms with E-state index in [4.69, 9.17) is 32.7 Å². The molecular weight excluding hydrogens is 313 g/mol. The molecule has 0 fully saturated rings. The van der Waals surface area contributed by atoms with Crippen LogP contribution < -0.4 is 14.8 Å². The van der Waals surface area contributed by atoms with Crippen molar-refractivity contribution in [1.82, 2.24) is 0 Å². The van der Waals surface area contributed by atoms with E-state index in [9.17, 15) is 4.79 Å². The van der Waals surface area contributed by atoms with E-state index in [0.29, 0.717) is 27.2 Å². The van der Waals surface area contributed by atoms with Crippen molar-refractivity contribution in [3.8, 4) is 11.5 Å². The van der Waals surface area contributed by atoms with Gasteiger partial charge in [-0.05, 0) is 30.3 Å². The molecule has 0 aliphatic rings. The molecule has 0 unspecified atom stereocenters. The topological polar surface area (TPSA) is 47.6 Å². The third-order valence-corrected chi connectivity index (χ3v) is 3.02. The van der Waals surface area contributed by atoms with Crippen LogP contribution in [0.3, 0.4) is 0 Å². The zero-order chi connectivity index (χ0) is 15.2. The van der Waals surface area contributed by atoms with Crippen LogP contribution in [0.25, 0.3) is 0 Å². The number of benzene rings is 2. The molecule has 110 valence electrons. The molecule has 2 aromatic rings. The summed E-state index contributed by atoms with van der Waals surface area (Å²) in [5, 5.41) is 3.60. The second-order valence-electron chi connectivity index (χ2n) is 4.14. The number of ether oxygens (including phenoxy) is 2. The molecule has 0 saturated carbocycles. The van der Waals surface area contributed by atoms with Gasteiger partial charge in [-0.1, -0.05) is 35.3 Å². The molecule has 0 bridgehead atoms. The van der Waals surface area contributed by atoms with Gasteiger partial charge < -0.3 is 14.8 Å². The first-order chi connectivity index (χ1) is 10.1. The molecule has 1 N–H and O–H groups in total. The van der Waals surface area contributed by atoms with Gasteiger partial charge in [-0.3, -0.25) is 4.79 Å². The Morgan fingerprint density at radius 2 is 1.81 bits per heavy atom. The smallest absolute Gasteiger partial charge is 0.262 e. The van der Waals surface area contributed by atoms with Gasteiger partial charge in [-0.15, -0.1) is 0 Å². The van der Waals surface area contributed by atoms with E-state index >= 15 is 0 Å². The average molecular weight is 326 g/mol. The first kappa shape index (κ1) is 15.5. The molecule has 2 aromatic carbocycles. The molecule has 0 saturated heterocycles. The Bertz CT molecular complexity index is 626. The number of methoxy groups -OCH3 is 1. The highest BCUT2D eigenvalue weighted by atomic mass is 35.5. The summed E-state index contributed by atoms with van der Waals surface area (Å²) < 4.78 is 10.5. The van der Waals surface area contributed by atoms with Crippen LogP contribution in [-0.2, 0) is 4.79 Å². The minimum atomic E-state index is -0.310. The quantitative estimate of drug-likeness (QED) is 0.903. The second-order valence-corrected chi connectivity index (χ2v) is 5.02. The van der Waals surface area contributed by atoms with Crippen molar-refractivity contribution in [3.05, 3.63) is 52.5 Å². The number of rotatable bonds is 5. The van der Waals surface area contributed by atoms with Crippen molar-refractivity contribution in [3.63, 3.8) is 0 Å². The number of nitrogens with one attached hydrogen (secondary N) is 1. The fourth-order valence-corrected chi connectivity index (χ4v) is 2.20. The summed E-state index contributed by atoms with van der Waals surface area (Å²) in [6, 6.07) is 11.9. The molecule has 21 heavy (non-hydrogen) atoms. The predicted molar refractivity (Wildman–Crippen MR) is 83.6 cm³/mol. The molecule has 0 aliphatic heterocycles. The van der Waals surface area contributed by atoms with Crippen molar-refractivity contribution >= 4 is 34.8 Å². The lowest BCUT2D eigenvalue weighted by Crippen LogP contribution is -2.20. The van der Waals surface area contributed by atoms with E-state index in [2.05, 4.69) is 5.32 Å². The molecule has 0 spiro atoms. The minimum absolute atomic E-state index is 0.158. The summed E-state index contributed by atoms with van der Waals surface area (Å²) in [7, 11) is 1.54. The monoisotopic (exact) mass is 325 g/mol. The second kappa shape index (κ2) is 7.20. The van der Waals surface area contributed by atoms with Crippen molar-refractivity contribution in [2.45, 2.75) is 0 Å². The third-order valence-electron chi connectivity index (χ3n) is 2.59. The normalized spacial score (nSPS) is 10.0. The van der Waals surface area contributed by atoms with E-state index in [1.54, 1.807) is 36.4 Å². The Labute approximate surface area is 132 Å². The lowest BCUT2D eigenvalue weighted by Gasteiger charge is -2.11. The van der Waals surface area contributed by atoms with E-state index in [0.717, 1.165) is 0 Å². The Morgan fingerprint density at radius 1 is 1.14 bits per heavy atom. The molecule has 6 heteroatoms. The van der Waals surface area contributed by atoms with Crippen LogP contribution in [0.4, 0.5) is 5.69 Å². The number of amides is 1. The highest BCUT2D eigenvalue weighted by Gasteiger charge is 2.08. The van der Waals surface area contributed by atoms with E-state index in [1.807, 2.05) is 6.07 Å². The van der Waals surface area contributed by atoms with E-state index < -0.39 is 0 Å². The molecule has 1 amide bonds. The number of anilines is 1. The van der Waals surface area contributed by atoms with E-state index in [1.165, 1.54) is 7.11 Å². The van der Waals surface area contributed by atoms with Gasteiger partial charge >= 0.3 is 0 Å². The number of para-hydroxylation sites is 2. The molecule has 0 aliphatic carbocycles. The van der Waals surface area contributed by atoms with Gasteiger partial charge in [0, 0.05) is 10.0 Å². The van der Waals surface area contributed by atoms with E-state index in [-0.39, 0.29) is 12.5 Å². The fourth-order valence-electron chi connectivity index (χ4n) is 1.69. The number of carbonyl (C=O) groups excluding carboxylic acids is 1. The van der Waals surface area contributed by atoms with Crippen molar-refractivity contribution in [1.29, 1.82) is 0 Å². The fraction of sp³-hybridized carbons (Fsp3) is 0.133. The van der Waals surface area contributed by atoms with Crippen LogP contribution in [-0.4, -0.2) is 19.6 Å². The van der Waals surface area contributed by atoms with Crippen LogP contribution in [0.2, 0.25) is 10.0 Å². The maximum atomic E-state index is 11.9. The highest BCUT2D eigenvalue weighted by Crippen LogP contribution is 2.25. The maximum Gasteiger partial charge on any atom is 0.262 e. The average Bonchev–Trinajstić information content (AvgIpc) is 2.45. The molecule has 0 aromatic heterocycles. The number of hydrogen-bond acceptors (Lipinski definition) is 3. The predicted octanol–water partition coefficient (Wildman–Crippen LogP) is 4.02. The molecule has 4 nitrogen and oxygen atoms in total. The maximum absolute atomic E-state index is 11.9. The largest absolute Gasteiger partial charge is 0.495 e. The number of carbonyl (C=O) groups is 1. The summed E-state index contributed by atoms with van der Waals surface area (Å²) in [4.78, 5) is 11.9. The van der Waals surface area contributed by atoms with Crippen LogP contribution in [0, 0.1) is 0 Å². The Morgan fingerprint density at radius 3 is 2.48 bits per heavy atom. The SMILES string of the molecule is COc1ccccc1NC(=O)COc1cc(Cl)cc(Cl)c1. The molecule has 0 atom stereocenters. The minimum Gasteiger partial charge on any atom is -0.495 e. The standard InChI is InChI=1S/C15H13Cl2NO3/c1-20-14-5-3-2-4-13(14)18-15(19)9-21-12-7-10(16)6-11(17)8-12/h2-8H,9H2,1H3,(H,18,19). The zero-order valence-electron chi connectivity index (χ0n) is 11.2. The van der Waals surface area contributed by atoms with Gasteiger partial charge in [0.25, 0.3) is 5.91 Å². The van der Waals surface area contributed by atoms with Crippen molar-refractivity contribution < 1.29 is 14.3 Å². The highest BCUT2D eigenvalue weighted by molar-refractivity contribution is 6.34. The molecule has 0 radical (unpaired) electrons. The molecule has 0 heterocycles. The van der Waals surface area contributed by atoms with Crippen molar-refractivity contribution in [2.75, 3.05) is 19.0 Å².